The summed E-state index contributed by atoms with van der Waals surface area (Å²) in [4.78, 5) is 25.0. The molecule has 0 bridgehead atoms. The van der Waals surface area contributed by atoms with Crippen molar-refractivity contribution in [3.8, 4) is 0 Å². The molecule has 0 N–H and O–H groups in total. The molecule has 23 heavy (non-hydrogen) atoms. The van der Waals surface area contributed by atoms with E-state index in [9.17, 15) is 4.79 Å². The molecule has 122 valence electrons. The highest BCUT2D eigenvalue weighted by Gasteiger charge is 2.22. The van der Waals surface area contributed by atoms with E-state index in [1.165, 1.54) is 0 Å². The summed E-state index contributed by atoms with van der Waals surface area (Å²) in [5, 5.41) is 1.10. The molecular weight excluding hydrogens is 292 g/mol. The number of fused-ring (bicyclic) bond motifs is 1. The first-order valence-electron chi connectivity index (χ1n) is 8.03. The van der Waals surface area contributed by atoms with Crippen molar-refractivity contribution in [3.63, 3.8) is 0 Å². The molecule has 0 saturated carbocycles. The van der Waals surface area contributed by atoms with E-state index in [1.807, 2.05) is 38.1 Å². The quantitative estimate of drug-likeness (QED) is 0.869. The molecule has 6 nitrogen and oxygen atoms in total. The Hall–Kier alpha value is -2.21. The second kappa shape index (κ2) is 6.91. The molecule has 1 aromatic heterocycles. The van der Waals surface area contributed by atoms with Crippen LogP contribution in [0.25, 0.3) is 10.9 Å². The maximum absolute atomic E-state index is 11.7. The van der Waals surface area contributed by atoms with E-state index >= 15 is 0 Å². The van der Waals surface area contributed by atoms with Crippen LogP contribution in [0.1, 0.15) is 18.4 Å². The van der Waals surface area contributed by atoms with Gasteiger partial charge in [-0.2, -0.15) is 0 Å². The minimum Gasteiger partial charge on any atom is -0.450 e. The summed E-state index contributed by atoms with van der Waals surface area (Å²) in [7, 11) is 0. The SMILES string of the molecule is CCOC(=O)N1CCN(Cc2nc(C)c3ccccc3n2)CC1. The number of ether oxygens (including phenoxy) is 1. The van der Waals surface area contributed by atoms with E-state index in [2.05, 4.69) is 14.9 Å². The number of amides is 1. The zero-order chi connectivity index (χ0) is 16.2. The molecule has 0 spiro atoms. The average Bonchev–Trinajstić information content (AvgIpc) is 2.56. The fourth-order valence-corrected chi connectivity index (χ4v) is 2.87. The van der Waals surface area contributed by atoms with Crippen LogP contribution in [-0.2, 0) is 11.3 Å². The normalized spacial score (nSPS) is 15.8. The van der Waals surface area contributed by atoms with Crippen LogP contribution in [0.5, 0.6) is 0 Å². The van der Waals surface area contributed by atoms with Gasteiger partial charge in [0.25, 0.3) is 0 Å². The fourth-order valence-electron chi connectivity index (χ4n) is 2.87. The zero-order valence-electron chi connectivity index (χ0n) is 13.7. The number of carbonyl (C=O) groups is 1. The highest BCUT2D eigenvalue weighted by molar-refractivity contribution is 5.80. The Balaban J connectivity index is 1.64. The van der Waals surface area contributed by atoms with Gasteiger partial charge >= 0.3 is 6.09 Å². The lowest BCUT2D eigenvalue weighted by atomic mass is 10.2. The second-order valence-corrected chi connectivity index (χ2v) is 5.70. The summed E-state index contributed by atoms with van der Waals surface area (Å²) in [5.41, 5.74) is 2.00. The van der Waals surface area contributed by atoms with Crippen molar-refractivity contribution in [1.82, 2.24) is 19.8 Å². The van der Waals surface area contributed by atoms with Crippen LogP contribution in [0.2, 0.25) is 0 Å². The molecule has 1 amide bonds. The molecule has 1 aliphatic heterocycles. The van der Waals surface area contributed by atoms with Gasteiger partial charge in [0, 0.05) is 37.3 Å². The minimum absolute atomic E-state index is 0.218. The van der Waals surface area contributed by atoms with Crippen molar-refractivity contribution < 1.29 is 9.53 Å². The molecule has 0 atom stereocenters. The number of nitrogens with zero attached hydrogens (tertiary/aromatic N) is 4. The van der Waals surface area contributed by atoms with Gasteiger partial charge in [-0.15, -0.1) is 0 Å². The molecule has 0 aliphatic carbocycles. The molecule has 3 rings (SSSR count). The predicted molar refractivity (Wildman–Crippen MR) is 88.1 cm³/mol. The van der Waals surface area contributed by atoms with Crippen molar-refractivity contribution in [1.29, 1.82) is 0 Å². The van der Waals surface area contributed by atoms with E-state index in [-0.39, 0.29) is 6.09 Å². The van der Waals surface area contributed by atoms with Crippen molar-refractivity contribution in [2.24, 2.45) is 0 Å². The number of aromatic nitrogens is 2. The van der Waals surface area contributed by atoms with Gasteiger partial charge in [-0.3, -0.25) is 4.90 Å². The summed E-state index contributed by atoms with van der Waals surface area (Å²) in [5.74, 6) is 0.839. The van der Waals surface area contributed by atoms with Gasteiger partial charge in [0.2, 0.25) is 0 Å². The number of piperazine rings is 1. The minimum atomic E-state index is -0.218. The summed E-state index contributed by atoms with van der Waals surface area (Å²) in [6.07, 6.45) is -0.218. The number of carbonyl (C=O) groups excluding carboxylic acids is 1. The topological polar surface area (TPSA) is 58.6 Å². The zero-order valence-corrected chi connectivity index (χ0v) is 13.7. The molecule has 0 radical (unpaired) electrons. The smallest absolute Gasteiger partial charge is 0.409 e. The van der Waals surface area contributed by atoms with Crippen molar-refractivity contribution in [2.75, 3.05) is 32.8 Å². The van der Waals surface area contributed by atoms with Crippen molar-refractivity contribution >= 4 is 17.0 Å². The van der Waals surface area contributed by atoms with Crippen LogP contribution in [0, 0.1) is 6.92 Å². The van der Waals surface area contributed by atoms with E-state index in [1.54, 1.807) is 4.90 Å². The molecule has 2 aromatic rings. The highest BCUT2D eigenvalue weighted by atomic mass is 16.6. The van der Waals surface area contributed by atoms with Crippen LogP contribution in [0.4, 0.5) is 4.79 Å². The standard InChI is InChI=1S/C17H22N4O2/c1-3-23-17(22)21-10-8-20(9-11-21)12-16-18-13(2)14-6-4-5-7-15(14)19-16/h4-7H,3,8-12H2,1-2H3. The molecule has 1 aliphatic rings. The van der Waals surface area contributed by atoms with E-state index in [0.29, 0.717) is 26.2 Å². The Labute approximate surface area is 136 Å². The van der Waals surface area contributed by atoms with Gasteiger partial charge < -0.3 is 9.64 Å². The third kappa shape index (κ3) is 3.59. The number of para-hydroxylation sites is 1. The molecule has 1 saturated heterocycles. The maximum Gasteiger partial charge on any atom is 0.409 e. The van der Waals surface area contributed by atoms with Crippen molar-refractivity contribution in [2.45, 2.75) is 20.4 Å². The van der Waals surface area contributed by atoms with Gasteiger partial charge in [0.1, 0.15) is 5.82 Å². The lowest BCUT2D eigenvalue weighted by Gasteiger charge is -2.33. The molecule has 1 aromatic carbocycles. The number of hydrogen-bond acceptors (Lipinski definition) is 5. The Morgan fingerprint density at radius 2 is 1.91 bits per heavy atom. The highest BCUT2D eigenvalue weighted by Crippen LogP contribution is 2.16. The van der Waals surface area contributed by atoms with Crippen LogP contribution >= 0.6 is 0 Å². The first kappa shape index (κ1) is 15.7. The Bertz CT molecular complexity index is 696. The third-order valence-corrected chi connectivity index (χ3v) is 4.10. The maximum atomic E-state index is 11.7. The van der Waals surface area contributed by atoms with Gasteiger partial charge in [-0.25, -0.2) is 14.8 Å². The average molecular weight is 314 g/mol. The summed E-state index contributed by atoms with van der Waals surface area (Å²) in [6, 6.07) is 8.07. The lowest BCUT2D eigenvalue weighted by molar-refractivity contribution is 0.0772. The van der Waals surface area contributed by atoms with Crippen LogP contribution in [0.3, 0.4) is 0 Å². The Morgan fingerprint density at radius 3 is 2.65 bits per heavy atom. The molecule has 1 fully saturated rings. The van der Waals surface area contributed by atoms with Gasteiger partial charge in [0.15, 0.2) is 0 Å². The largest absolute Gasteiger partial charge is 0.450 e. The predicted octanol–water partition coefficient (Wildman–Crippen LogP) is 2.21. The third-order valence-electron chi connectivity index (χ3n) is 4.10. The summed E-state index contributed by atoms with van der Waals surface area (Å²) < 4.78 is 5.04. The number of aryl methyl sites for hydroxylation is 1. The lowest BCUT2D eigenvalue weighted by Crippen LogP contribution is -2.48. The molecule has 0 unspecified atom stereocenters. The first-order chi connectivity index (χ1) is 11.2. The Morgan fingerprint density at radius 1 is 1.17 bits per heavy atom. The van der Waals surface area contributed by atoms with E-state index in [0.717, 1.165) is 35.5 Å². The summed E-state index contributed by atoms with van der Waals surface area (Å²) >= 11 is 0. The van der Waals surface area contributed by atoms with Crippen molar-refractivity contribution in [3.05, 3.63) is 35.8 Å². The number of hydrogen-bond donors (Lipinski definition) is 0. The molecular formula is C17H22N4O2. The van der Waals surface area contributed by atoms with Gasteiger partial charge in [0.05, 0.1) is 18.7 Å². The molecule has 2 heterocycles. The van der Waals surface area contributed by atoms with Gasteiger partial charge in [-0.1, -0.05) is 18.2 Å². The molecule has 6 heteroatoms. The summed E-state index contributed by atoms with van der Waals surface area (Å²) in [6.45, 7) is 7.98. The van der Waals surface area contributed by atoms with E-state index in [4.69, 9.17) is 4.74 Å². The van der Waals surface area contributed by atoms with Crippen LogP contribution in [0.15, 0.2) is 24.3 Å². The second-order valence-electron chi connectivity index (χ2n) is 5.70. The monoisotopic (exact) mass is 314 g/mol. The van der Waals surface area contributed by atoms with Crippen LogP contribution < -0.4 is 0 Å². The number of benzene rings is 1. The number of rotatable bonds is 3. The first-order valence-corrected chi connectivity index (χ1v) is 8.03. The fraction of sp³-hybridized carbons (Fsp3) is 0.471. The Kier molecular flexibility index (Phi) is 4.71. The van der Waals surface area contributed by atoms with Crippen LogP contribution in [-0.4, -0.2) is 58.6 Å². The van der Waals surface area contributed by atoms with E-state index < -0.39 is 0 Å². The van der Waals surface area contributed by atoms with Gasteiger partial charge in [-0.05, 0) is 19.9 Å².